The molecule has 2 rings (SSSR count). The quantitative estimate of drug-likeness (QED) is 0.845. The molecule has 1 amide bonds. The number of hydrogen-bond donors (Lipinski definition) is 1. The van der Waals surface area contributed by atoms with Gasteiger partial charge in [0.1, 0.15) is 11.0 Å². The molecule has 1 N–H and O–H groups in total. The second-order valence-electron chi connectivity index (χ2n) is 3.62. The lowest BCUT2D eigenvalue weighted by Gasteiger charge is -2.06. The standard InChI is InChI=1S/C9H9BrClN3O2/c10-7-8(11)12-4-14(9(7)16)3-6(15)13-5-1-2-5/h4-5H,1-3H2,(H,13,15). The molecule has 0 saturated heterocycles. The second kappa shape index (κ2) is 4.55. The molecule has 0 aromatic carbocycles. The number of carbonyl (C=O) groups is 1. The Kier molecular flexibility index (Phi) is 3.30. The minimum atomic E-state index is -0.356. The highest BCUT2D eigenvalue weighted by Crippen LogP contribution is 2.18. The first-order chi connectivity index (χ1) is 7.58. The van der Waals surface area contributed by atoms with Crippen molar-refractivity contribution in [3.05, 3.63) is 26.3 Å². The van der Waals surface area contributed by atoms with E-state index in [-0.39, 0.29) is 33.7 Å². The summed E-state index contributed by atoms with van der Waals surface area (Å²) in [4.78, 5) is 26.9. The van der Waals surface area contributed by atoms with E-state index in [1.807, 2.05) is 0 Å². The number of aromatic nitrogens is 2. The van der Waals surface area contributed by atoms with Crippen molar-refractivity contribution in [1.29, 1.82) is 0 Å². The van der Waals surface area contributed by atoms with Crippen LogP contribution >= 0.6 is 27.5 Å². The number of amides is 1. The van der Waals surface area contributed by atoms with Gasteiger partial charge in [-0.15, -0.1) is 0 Å². The lowest BCUT2D eigenvalue weighted by Crippen LogP contribution is -2.33. The first kappa shape index (κ1) is 11.6. The molecular formula is C9H9BrClN3O2. The van der Waals surface area contributed by atoms with Crippen LogP contribution < -0.4 is 10.9 Å². The molecule has 0 atom stereocenters. The van der Waals surface area contributed by atoms with Gasteiger partial charge in [-0.05, 0) is 28.8 Å². The molecule has 0 aliphatic heterocycles. The number of nitrogens with zero attached hydrogens (tertiary/aromatic N) is 2. The maximum absolute atomic E-state index is 11.6. The van der Waals surface area contributed by atoms with E-state index in [2.05, 4.69) is 26.2 Å². The van der Waals surface area contributed by atoms with Gasteiger partial charge in [0.05, 0.1) is 6.33 Å². The molecule has 1 fully saturated rings. The summed E-state index contributed by atoms with van der Waals surface area (Å²) in [6.45, 7) is -0.0297. The summed E-state index contributed by atoms with van der Waals surface area (Å²) in [5, 5.41) is 2.89. The molecule has 7 heteroatoms. The summed E-state index contributed by atoms with van der Waals surface area (Å²) in [5.74, 6) is -0.180. The van der Waals surface area contributed by atoms with Gasteiger partial charge in [-0.25, -0.2) is 4.98 Å². The summed E-state index contributed by atoms with van der Waals surface area (Å²) in [7, 11) is 0. The number of nitrogens with one attached hydrogen (secondary N) is 1. The summed E-state index contributed by atoms with van der Waals surface area (Å²) >= 11 is 8.67. The minimum Gasteiger partial charge on any atom is -0.352 e. The van der Waals surface area contributed by atoms with Crippen LogP contribution in [0.25, 0.3) is 0 Å². The predicted molar refractivity (Wildman–Crippen MR) is 62.4 cm³/mol. The van der Waals surface area contributed by atoms with Gasteiger partial charge in [0.25, 0.3) is 5.56 Å². The molecule has 1 heterocycles. The van der Waals surface area contributed by atoms with Gasteiger partial charge in [-0.1, -0.05) is 11.6 Å². The number of rotatable bonds is 3. The van der Waals surface area contributed by atoms with Gasteiger partial charge in [-0.2, -0.15) is 0 Å². The van der Waals surface area contributed by atoms with Crippen molar-refractivity contribution in [3.8, 4) is 0 Å². The van der Waals surface area contributed by atoms with Crippen LogP contribution in [0, 0.1) is 0 Å². The fourth-order valence-electron chi connectivity index (χ4n) is 1.21. The number of hydrogen-bond acceptors (Lipinski definition) is 3. The average molecular weight is 307 g/mol. The van der Waals surface area contributed by atoms with Crippen molar-refractivity contribution >= 4 is 33.4 Å². The Morgan fingerprint density at radius 3 is 3.00 bits per heavy atom. The van der Waals surface area contributed by atoms with Crippen molar-refractivity contribution in [2.24, 2.45) is 0 Å². The van der Waals surface area contributed by atoms with Crippen LogP contribution in [-0.2, 0) is 11.3 Å². The lowest BCUT2D eigenvalue weighted by molar-refractivity contribution is -0.121. The smallest absolute Gasteiger partial charge is 0.269 e. The molecule has 0 bridgehead atoms. The topological polar surface area (TPSA) is 64.0 Å². The monoisotopic (exact) mass is 305 g/mol. The fraction of sp³-hybridized carbons (Fsp3) is 0.444. The first-order valence-corrected chi connectivity index (χ1v) is 5.95. The Balaban J connectivity index is 2.11. The summed E-state index contributed by atoms with van der Waals surface area (Å²) in [6, 6.07) is 0.284. The predicted octanol–water partition coefficient (Wildman–Crippen LogP) is 0.938. The van der Waals surface area contributed by atoms with Crippen molar-refractivity contribution in [3.63, 3.8) is 0 Å². The third kappa shape index (κ3) is 2.62. The van der Waals surface area contributed by atoms with E-state index >= 15 is 0 Å². The molecule has 16 heavy (non-hydrogen) atoms. The second-order valence-corrected chi connectivity index (χ2v) is 4.78. The zero-order valence-corrected chi connectivity index (χ0v) is 10.6. The highest BCUT2D eigenvalue weighted by atomic mass is 79.9. The molecule has 86 valence electrons. The Hall–Kier alpha value is -0.880. The molecular weight excluding hydrogens is 297 g/mol. The van der Waals surface area contributed by atoms with Crippen LogP contribution in [0.3, 0.4) is 0 Å². The van der Waals surface area contributed by atoms with Crippen LogP contribution in [0.4, 0.5) is 0 Å². The SMILES string of the molecule is O=C(Cn1cnc(Cl)c(Br)c1=O)NC1CC1. The molecule has 5 nitrogen and oxygen atoms in total. The molecule has 1 aromatic heterocycles. The van der Waals surface area contributed by atoms with Gasteiger partial charge < -0.3 is 5.32 Å². The van der Waals surface area contributed by atoms with Crippen LogP contribution in [0.15, 0.2) is 15.6 Å². The normalized spacial score (nSPS) is 14.9. The third-order valence-electron chi connectivity index (χ3n) is 2.20. The van der Waals surface area contributed by atoms with E-state index in [9.17, 15) is 9.59 Å². The molecule has 1 aliphatic rings. The van der Waals surface area contributed by atoms with Crippen LogP contribution in [-0.4, -0.2) is 21.5 Å². The summed E-state index contributed by atoms with van der Waals surface area (Å²) < 4.78 is 1.39. The molecule has 1 aliphatic carbocycles. The molecule has 0 radical (unpaired) electrons. The molecule has 1 aromatic rings. The summed E-state index contributed by atoms with van der Waals surface area (Å²) in [6.07, 6.45) is 3.30. The van der Waals surface area contributed by atoms with E-state index in [1.54, 1.807) is 0 Å². The van der Waals surface area contributed by atoms with Crippen LogP contribution in [0.5, 0.6) is 0 Å². The number of halogens is 2. The van der Waals surface area contributed by atoms with Crippen molar-refractivity contribution < 1.29 is 4.79 Å². The maximum Gasteiger partial charge on any atom is 0.269 e. The molecule has 1 saturated carbocycles. The Morgan fingerprint density at radius 2 is 2.38 bits per heavy atom. The lowest BCUT2D eigenvalue weighted by atomic mass is 10.5. The van der Waals surface area contributed by atoms with E-state index in [1.165, 1.54) is 10.9 Å². The minimum absolute atomic E-state index is 0.0297. The third-order valence-corrected chi connectivity index (χ3v) is 3.43. The Morgan fingerprint density at radius 1 is 1.69 bits per heavy atom. The van der Waals surface area contributed by atoms with Gasteiger partial charge in [0, 0.05) is 6.04 Å². The zero-order valence-electron chi connectivity index (χ0n) is 8.24. The van der Waals surface area contributed by atoms with Crippen LogP contribution in [0.2, 0.25) is 5.15 Å². The maximum atomic E-state index is 11.6. The van der Waals surface area contributed by atoms with Crippen molar-refractivity contribution in [2.45, 2.75) is 25.4 Å². The van der Waals surface area contributed by atoms with Crippen LogP contribution in [0.1, 0.15) is 12.8 Å². The largest absolute Gasteiger partial charge is 0.352 e. The van der Waals surface area contributed by atoms with Gasteiger partial charge in [0.15, 0.2) is 5.15 Å². The molecule has 0 unspecified atom stereocenters. The van der Waals surface area contributed by atoms with Gasteiger partial charge >= 0.3 is 0 Å². The van der Waals surface area contributed by atoms with E-state index in [0.717, 1.165) is 12.8 Å². The van der Waals surface area contributed by atoms with Gasteiger partial charge in [0.2, 0.25) is 5.91 Å². The Labute approximate surface area is 105 Å². The van der Waals surface area contributed by atoms with Gasteiger partial charge in [-0.3, -0.25) is 14.2 Å². The number of carbonyl (C=O) groups excluding carboxylic acids is 1. The highest BCUT2D eigenvalue weighted by molar-refractivity contribution is 9.10. The molecule has 0 spiro atoms. The van der Waals surface area contributed by atoms with E-state index in [0.29, 0.717) is 0 Å². The van der Waals surface area contributed by atoms with E-state index < -0.39 is 0 Å². The Bertz CT molecular complexity index is 484. The van der Waals surface area contributed by atoms with Crippen molar-refractivity contribution in [1.82, 2.24) is 14.9 Å². The zero-order chi connectivity index (χ0) is 11.7. The summed E-state index contributed by atoms with van der Waals surface area (Å²) in [5.41, 5.74) is -0.356. The average Bonchev–Trinajstić information content (AvgIpc) is 3.03. The van der Waals surface area contributed by atoms with E-state index in [4.69, 9.17) is 11.6 Å². The fourth-order valence-corrected chi connectivity index (χ4v) is 1.67. The first-order valence-electron chi connectivity index (χ1n) is 4.77. The van der Waals surface area contributed by atoms with Crippen molar-refractivity contribution in [2.75, 3.05) is 0 Å². The highest BCUT2D eigenvalue weighted by Gasteiger charge is 2.23.